The van der Waals surface area contributed by atoms with Gasteiger partial charge in [-0.05, 0) is 37.9 Å². The van der Waals surface area contributed by atoms with E-state index in [-0.39, 0.29) is 35.6 Å². The Labute approximate surface area is 123 Å². The van der Waals surface area contributed by atoms with Crippen molar-refractivity contribution in [1.82, 2.24) is 10.6 Å². The largest absolute Gasteiger partial charge is 0.348 e. The fourth-order valence-electron chi connectivity index (χ4n) is 2.23. The number of nitro benzene ring substituents is 1. The second-order valence-corrected chi connectivity index (χ2v) is 4.79. The molecule has 0 bridgehead atoms. The van der Waals surface area contributed by atoms with E-state index in [1.165, 1.54) is 6.07 Å². The molecule has 0 saturated carbocycles. The summed E-state index contributed by atoms with van der Waals surface area (Å²) < 4.78 is 0. The topological polar surface area (TPSA) is 84.3 Å². The number of nitro groups is 1. The number of piperidine rings is 1. The van der Waals surface area contributed by atoms with Crippen LogP contribution in [0.5, 0.6) is 0 Å². The van der Waals surface area contributed by atoms with Crippen molar-refractivity contribution in [2.75, 3.05) is 13.1 Å². The molecule has 1 amide bonds. The van der Waals surface area contributed by atoms with Crippen LogP contribution in [-0.2, 0) is 0 Å². The maximum absolute atomic E-state index is 12.1. The normalized spacial score (nSPS) is 17.9. The van der Waals surface area contributed by atoms with E-state index in [1.807, 2.05) is 6.92 Å². The standard InChI is InChI=1S/C13H17N3O3.ClH/c1-9-4-5-12(16(18)19)11(7-9)13(17)15-10-3-2-6-14-8-10;/h4-5,7,10,14H,2-3,6,8H2,1H3,(H,15,17);1H/t10-;/m0./s1. The first-order valence-corrected chi connectivity index (χ1v) is 6.34. The Balaban J connectivity index is 0.00000200. The molecule has 2 rings (SSSR count). The zero-order chi connectivity index (χ0) is 13.8. The molecule has 20 heavy (non-hydrogen) atoms. The molecule has 1 aliphatic heterocycles. The van der Waals surface area contributed by atoms with Gasteiger partial charge in [-0.3, -0.25) is 14.9 Å². The molecule has 0 spiro atoms. The predicted molar refractivity (Wildman–Crippen MR) is 78.4 cm³/mol. The number of hydrogen-bond acceptors (Lipinski definition) is 4. The van der Waals surface area contributed by atoms with Crippen molar-refractivity contribution in [3.8, 4) is 0 Å². The van der Waals surface area contributed by atoms with Crippen LogP contribution in [0.4, 0.5) is 5.69 Å². The summed E-state index contributed by atoms with van der Waals surface area (Å²) >= 11 is 0. The molecule has 0 aliphatic carbocycles. The highest BCUT2D eigenvalue weighted by atomic mass is 35.5. The minimum absolute atomic E-state index is 0. The lowest BCUT2D eigenvalue weighted by Crippen LogP contribution is -2.45. The Bertz CT molecular complexity index is 502. The number of halogens is 1. The number of hydrogen-bond donors (Lipinski definition) is 2. The van der Waals surface area contributed by atoms with Gasteiger partial charge in [0.05, 0.1) is 4.92 Å². The minimum atomic E-state index is -0.520. The number of nitrogens with zero attached hydrogens (tertiary/aromatic N) is 1. The average molecular weight is 300 g/mol. The van der Waals surface area contributed by atoms with Crippen LogP contribution in [0.15, 0.2) is 18.2 Å². The third-order valence-corrected chi connectivity index (χ3v) is 3.23. The van der Waals surface area contributed by atoms with Crippen molar-refractivity contribution in [3.05, 3.63) is 39.4 Å². The number of benzene rings is 1. The van der Waals surface area contributed by atoms with Crippen molar-refractivity contribution in [1.29, 1.82) is 0 Å². The molecule has 6 nitrogen and oxygen atoms in total. The quantitative estimate of drug-likeness (QED) is 0.658. The molecule has 1 aromatic carbocycles. The van der Waals surface area contributed by atoms with Gasteiger partial charge in [0.25, 0.3) is 11.6 Å². The van der Waals surface area contributed by atoms with E-state index in [0.717, 1.165) is 24.9 Å². The van der Waals surface area contributed by atoms with Crippen LogP contribution in [0.25, 0.3) is 0 Å². The van der Waals surface area contributed by atoms with Crippen LogP contribution >= 0.6 is 12.4 Å². The van der Waals surface area contributed by atoms with Gasteiger partial charge in [0.2, 0.25) is 0 Å². The third kappa shape index (κ3) is 3.91. The highest BCUT2D eigenvalue weighted by Crippen LogP contribution is 2.20. The summed E-state index contributed by atoms with van der Waals surface area (Å²) in [5, 5.41) is 17.0. The van der Waals surface area contributed by atoms with Crippen molar-refractivity contribution >= 4 is 24.0 Å². The molecule has 2 N–H and O–H groups in total. The Kier molecular flexibility index (Phi) is 5.91. The fraction of sp³-hybridized carbons (Fsp3) is 0.462. The average Bonchev–Trinajstić information content (AvgIpc) is 2.39. The van der Waals surface area contributed by atoms with E-state index < -0.39 is 4.92 Å². The summed E-state index contributed by atoms with van der Waals surface area (Å²) in [6, 6.07) is 4.62. The van der Waals surface area contributed by atoms with Crippen molar-refractivity contribution < 1.29 is 9.72 Å². The Morgan fingerprint density at radius 2 is 2.25 bits per heavy atom. The number of carbonyl (C=O) groups is 1. The second kappa shape index (κ2) is 7.21. The fourth-order valence-corrected chi connectivity index (χ4v) is 2.23. The van der Waals surface area contributed by atoms with Gasteiger partial charge in [-0.2, -0.15) is 0 Å². The summed E-state index contributed by atoms with van der Waals surface area (Å²) in [6.45, 7) is 3.48. The maximum Gasteiger partial charge on any atom is 0.282 e. The van der Waals surface area contributed by atoms with Gasteiger partial charge in [-0.25, -0.2) is 0 Å². The molecule has 0 radical (unpaired) electrons. The summed E-state index contributed by atoms with van der Waals surface area (Å²) in [5.74, 6) is -0.371. The second-order valence-electron chi connectivity index (χ2n) is 4.79. The third-order valence-electron chi connectivity index (χ3n) is 3.23. The van der Waals surface area contributed by atoms with E-state index in [9.17, 15) is 14.9 Å². The van der Waals surface area contributed by atoms with E-state index in [0.29, 0.717) is 6.54 Å². The molecule has 1 saturated heterocycles. The Morgan fingerprint density at radius 3 is 2.85 bits per heavy atom. The number of amides is 1. The summed E-state index contributed by atoms with van der Waals surface area (Å²) in [7, 11) is 0. The molecule has 0 aromatic heterocycles. The Hall–Kier alpha value is -1.66. The monoisotopic (exact) mass is 299 g/mol. The van der Waals surface area contributed by atoms with Gasteiger partial charge >= 0.3 is 0 Å². The Morgan fingerprint density at radius 1 is 1.50 bits per heavy atom. The lowest BCUT2D eigenvalue weighted by atomic mass is 10.1. The lowest BCUT2D eigenvalue weighted by Gasteiger charge is -2.23. The molecule has 110 valence electrons. The van der Waals surface area contributed by atoms with Crippen LogP contribution < -0.4 is 10.6 Å². The predicted octanol–water partition coefficient (Wildman–Crippen LogP) is 1.81. The molecule has 1 heterocycles. The maximum atomic E-state index is 12.1. The molecule has 7 heteroatoms. The van der Waals surface area contributed by atoms with Gasteiger partial charge in [-0.15, -0.1) is 12.4 Å². The molecular formula is C13H18ClN3O3. The van der Waals surface area contributed by atoms with E-state index in [4.69, 9.17) is 0 Å². The van der Waals surface area contributed by atoms with Crippen LogP contribution in [0.2, 0.25) is 0 Å². The zero-order valence-electron chi connectivity index (χ0n) is 11.2. The van der Waals surface area contributed by atoms with E-state index in [2.05, 4.69) is 10.6 Å². The first-order chi connectivity index (χ1) is 9.08. The molecular weight excluding hydrogens is 282 g/mol. The smallest absolute Gasteiger partial charge is 0.282 e. The molecule has 1 aromatic rings. The summed E-state index contributed by atoms with van der Waals surface area (Å²) in [5.41, 5.74) is 0.819. The van der Waals surface area contributed by atoms with Gasteiger partial charge < -0.3 is 10.6 Å². The SMILES string of the molecule is Cc1ccc([N+](=O)[O-])c(C(=O)N[C@H]2CCCNC2)c1.Cl. The first kappa shape index (κ1) is 16.4. The van der Waals surface area contributed by atoms with Crippen molar-refractivity contribution in [2.24, 2.45) is 0 Å². The van der Waals surface area contributed by atoms with E-state index in [1.54, 1.807) is 12.1 Å². The van der Waals surface area contributed by atoms with Crippen LogP contribution in [0, 0.1) is 17.0 Å². The van der Waals surface area contributed by atoms with Crippen LogP contribution in [-0.4, -0.2) is 30.0 Å². The molecule has 1 fully saturated rings. The van der Waals surface area contributed by atoms with E-state index >= 15 is 0 Å². The van der Waals surface area contributed by atoms with Crippen molar-refractivity contribution in [2.45, 2.75) is 25.8 Å². The van der Waals surface area contributed by atoms with Gasteiger partial charge in [0, 0.05) is 18.7 Å². The van der Waals surface area contributed by atoms with Crippen LogP contribution in [0.3, 0.4) is 0 Å². The molecule has 1 atom stereocenters. The minimum Gasteiger partial charge on any atom is -0.348 e. The van der Waals surface area contributed by atoms with Gasteiger partial charge in [0.15, 0.2) is 0 Å². The summed E-state index contributed by atoms with van der Waals surface area (Å²) in [4.78, 5) is 22.6. The number of carbonyl (C=O) groups excluding carboxylic acids is 1. The number of nitrogens with one attached hydrogen (secondary N) is 2. The highest BCUT2D eigenvalue weighted by molar-refractivity contribution is 5.98. The number of rotatable bonds is 3. The zero-order valence-corrected chi connectivity index (χ0v) is 12.0. The highest BCUT2D eigenvalue weighted by Gasteiger charge is 2.23. The summed E-state index contributed by atoms with van der Waals surface area (Å²) in [6.07, 6.45) is 1.90. The van der Waals surface area contributed by atoms with Crippen molar-refractivity contribution in [3.63, 3.8) is 0 Å². The lowest BCUT2D eigenvalue weighted by molar-refractivity contribution is -0.385. The van der Waals surface area contributed by atoms with Gasteiger partial charge in [0.1, 0.15) is 5.56 Å². The number of aryl methyl sites for hydroxylation is 1. The molecule has 0 unspecified atom stereocenters. The first-order valence-electron chi connectivity index (χ1n) is 6.34. The molecule has 1 aliphatic rings. The van der Waals surface area contributed by atoms with Crippen LogP contribution in [0.1, 0.15) is 28.8 Å². The van der Waals surface area contributed by atoms with Gasteiger partial charge in [-0.1, -0.05) is 6.07 Å².